The summed E-state index contributed by atoms with van der Waals surface area (Å²) in [6, 6.07) is 7.30. The highest BCUT2D eigenvalue weighted by Crippen LogP contribution is 2.48. The zero-order valence-corrected chi connectivity index (χ0v) is 11.2. The summed E-state index contributed by atoms with van der Waals surface area (Å²) in [5.74, 6) is 0.0192. The summed E-state index contributed by atoms with van der Waals surface area (Å²) < 4.78 is 0. The van der Waals surface area contributed by atoms with Gasteiger partial charge in [0, 0.05) is 5.02 Å². The molecule has 0 heterocycles. The lowest BCUT2D eigenvalue weighted by molar-refractivity contribution is -0.124. The van der Waals surface area contributed by atoms with Gasteiger partial charge >= 0.3 is 0 Å². The molecule has 0 aliphatic heterocycles. The lowest BCUT2D eigenvalue weighted by Crippen LogP contribution is -2.43. The first-order chi connectivity index (χ1) is 8.62. The number of amides is 1. The molecule has 1 aromatic rings. The second-order valence-electron chi connectivity index (χ2n) is 4.85. The van der Waals surface area contributed by atoms with Gasteiger partial charge < -0.3 is 10.4 Å². The van der Waals surface area contributed by atoms with Gasteiger partial charge in [-0.3, -0.25) is 4.79 Å². The summed E-state index contributed by atoms with van der Waals surface area (Å²) in [4.78, 5) is 12.3. The fourth-order valence-electron chi connectivity index (χ4n) is 2.14. The van der Waals surface area contributed by atoms with Gasteiger partial charge in [-0.15, -0.1) is 0 Å². The van der Waals surface area contributed by atoms with E-state index in [1.54, 1.807) is 0 Å². The Hall–Kier alpha value is -1.06. The molecule has 1 aliphatic rings. The first-order valence-corrected chi connectivity index (χ1v) is 6.68. The predicted molar refractivity (Wildman–Crippen MR) is 71.7 cm³/mol. The number of rotatable bonds is 5. The molecule has 1 amide bonds. The molecule has 18 heavy (non-hydrogen) atoms. The SMILES string of the molecule is CC[C@@H](CO)NC(=O)C1(c2ccc(Cl)cc2)CC1. The van der Waals surface area contributed by atoms with Crippen LogP contribution in [0.25, 0.3) is 0 Å². The van der Waals surface area contributed by atoms with E-state index < -0.39 is 5.41 Å². The third-order valence-electron chi connectivity index (χ3n) is 3.63. The van der Waals surface area contributed by atoms with Gasteiger partial charge in [0.25, 0.3) is 0 Å². The normalized spacial score (nSPS) is 18.2. The standard InChI is InChI=1S/C14H18ClNO2/c1-2-12(9-17)16-13(18)14(7-8-14)10-3-5-11(15)6-4-10/h3-6,12,17H,2,7-9H2,1H3,(H,16,18)/t12-/m0/s1. The highest BCUT2D eigenvalue weighted by molar-refractivity contribution is 6.30. The summed E-state index contributed by atoms with van der Waals surface area (Å²) in [5, 5.41) is 12.7. The predicted octanol–water partition coefficient (Wildman–Crippen LogP) is 2.26. The number of aliphatic hydroxyl groups is 1. The molecule has 1 aliphatic carbocycles. The monoisotopic (exact) mass is 267 g/mol. The van der Waals surface area contributed by atoms with E-state index in [0.717, 1.165) is 24.8 Å². The van der Waals surface area contributed by atoms with Gasteiger partial charge in [-0.25, -0.2) is 0 Å². The van der Waals surface area contributed by atoms with Gasteiger partial charge in [0.05, 0.1) is 18.1 Å². The van der Waals surface area contributed by atoms with E-state index >= 15 is 0 Å². The Balaban J connectivity index is 2.11. The van der Waals surface area contributed by atoms with Gasteiger partial charge in [-0.1, -0.05) is 30.7 Å². The molecule has 1 saturated carbocycles. The molecule has 0 unspecified atom stereocenters. The third-order valence-corrected chi connectivity index (χ3v) is 3.88. The van der Waals surface area contributed by atoms with Crippen LogP contribution in [0.1, 0.15) is 31.7 Å². The molecule has 1 aromatic carbocycles. The number of hydrogen-bond donors (Lipinski definition) is 2. The van der Waals surface area contributed by atoms with Crippen LogP contribution >= 0.6 is 11.6 Å². The summed E-state index contributed by atoms with van der Waals surface area (Å²) in [5.41, 5.74) is 0.616. The van der Waals surface area contributed by atoms with Crippen LogP contribution in [-0.2, 0) is 10.2 Å². The second-order valence-corrected chi connectivity index (χ2v) is 5.29. The van der Waals surface area contributed by atoms with Crippen molar-refractivity contribution in [2.45, 2.75) is 37.6 Å². The van der Waals surface area contributed by atoms with Crippen molar-refractivity contribution < 1.29 is 9.90 Å². The van der Waals surface area contributed by atoms with Crippen LogP contribution in [-0.4, -0.2) is 23.7 Å². The van der Waals surface area contributed by atoms with E-state index in [2.05, 4.69) is 5.32 Å². The minimum atomic E-state index is -0.396. The van der Waals surface area contributed by atoms with Gasteiger partial charge in [0.2, 0.25) is 5.91 Å². The number of hydrogen-bond acceptors (Lipinski definition) is 2. The molecule has 0 aromatic heterocycles. The van der Waals surface area contributed by atoms with Gasteiger partial charge in [-0.05, 0) is 37.0 Å². The third kappa shape index (κ3) is 2.52. The Bertz CT molecular complexity index is 422. The minimum absolute atomic E-state index is 0.0149. The lowest BCUT2D eigenvalue weighted by Gasteiger charge is -2.20. The van der Waals surface area contributed by atoms with Crippen molar-refractivity contribution in [2.75, 3.05) is 6.61 Å². The average Bonchev–Trinajstić information content (AvgIpc) is 3.18. The zero-order chi connectivity index (χ0) is 13.2. The Labute approximate surface area is 112 Å². The van der Waals surface area contributed by atoms with Crippen LogP contribution < -0.4 is 5.32 Å². The summed E-state index contributed by atoms with van der Waals surface area (Å²) in [7, 11) is 0. The van der Waals surface area contributed by atoms with E-state index in [4.69, 9.17) is 16.7 Å². The summed E-state index contributed by atoms with van der Waals surface area (Å²) in [6.45, 7) is 1.93. The second kappa shape index (κ2) is 5.29. The molecule has 0 radical (unpaired) electrons. The maximum absolute atomic E-state index is 12.3. The van der Waals surface area contributed by atoms with Crippen LogP contribution in [0.3, 0.4) is 0 Å². The first kappa shape index (κ1) is 13.4. The van der Waals surface area contributed by atoms with Crippen molar-refractivity contribution in [1.82, 2.24) is 5.32 Å². The van der Waals surface area contributed by atoms with E-state index in [9.17, 15) is 4.79 Å². The van der Waals surface area contributed by atoms with Crippen LogP contribution in [0.4, 0.5) is 0 Å². The van der Waals surface area contributed by atoms with E-state index in [1.807, 2.05) is 31.2 Å². The quantitative estimate of drug-likeness (QED) is 0.860. The number of halogens is 1. The fourth-order valence-corrected chi connectivity index (χ4v) is 2.27. The maximum Gasteiger partial charge on any atom is 0.230 e. The molecule has 2 N–H and O–H groups in total. The molecule has 2 rings (SSSR count). The van der Waals surface area contributed by atoms with Crippen LogP contribution in [0.15, 0.2) is 24.3 Å². The highest BCUT2D eigenvalue weighted by Gasteiger charge is 2.51. The number of benzene rings is 1. The topological polar surface area (TPSA) is 49.3 Å². The molecule has 0 spiro atoms. The molecule has 0 bridgehead atoms. The highest BCUT2D eigenvalue weighted by atomic mass is 35.5. The summed E-state index contributed by atoms with van der Waals surface area (Å²) >= 11 is 5.86. The van der Waals surface area contributed by atoms with E-state index in [1.165, 1.54) is 0 Å². The molecule has 0 saturated heterocycles. The van der Waals surface area contributed by atoms with Crippen LogP contribution in [0.5, 0.6) is 0 Å². The molecular weight excluding hydrogens is 250 g/mol. The molecule has 3 nitrogen and oxygen atoms in total. The number of carbonyl (C=O) groups excluding carboxylic acids is 1. The Morgan fingerprint density at radius 3 is 2.50 bits per heavy atom. The molecule has 4 heteroatoms. The zero-order valence-electron chi connectivity index (χ0n) is 10.4. The Kier molecular flexibility index (Phi) is 3.93. The van der Waals surface area contributed by atoms with Crippen LogP contribution in [0, 0.1) is 0 Å². The minimum Gasteiger partial charge on any atom is -0.394 e. The smallest absolute Gasteiger partial charge is 0.230 e. The number of nitrogens with one attached hydrogen (secondary N) is 1. The first-order valence-electron chi connectivity index (χ1n) is 6.30. The Morgan fingerprint density at radius 1 is 1.44 bits per heavy atom. The molecule has 98 valence electrons. The van der Waals surface area contributed by atoms with Gasteiger partial charge in [-0.2, -0.15) is 0 Å². The fraction of sp³-hybridized carbons (Fsp3) is 0.500. The van der Waals surface area contributed by atoms with E-state index in [0.29, 0.717) is 5.02 Å². The van der Waals surface area contributed by atoms with Crippen molar-refractivity contribution in [3.63, 3.8) is 0 Å². The van der Waals surface area contributed by atoms with Crippen molar-refractivity contribution in [3.05, 3.63) is 34.9 Å². The number of aliphatic hydroxyl groups excluding tert-OH is 1. The van der Waals surface area contributed by atoms with E-state index in [-0.39, 0.29) is 18.6 Å². The van der Waals surface area contributed by atoms with Crippen molar-refractivity contribution in [2.24, 2.45) is 0 Å². The van der Waals surface area contributed by atoms with Gasteiger partial charge in [0.1, 0.15) is 0 Å². The van der Waals surface area contributed by atoms with Crippen molar-refractivity contribution in [3.8, 4) is 0 Å². The molecule has 1 fully saturated rings. The number of carbonyl (C=O) groups is 1. The largest absolute Gasteiger partial charge is 0.394 e. The average molecular weight is 268 g/mol. The molecular formula is C14H18ClNO2. The summed E-state index contributed by atoms with van der Waals surface area (Å²) in [6.07, 6.45) is 2.46. The maximum atomic E-state index is 12.3. The van der Waals surface area contributed by atoms with Crippen molar-refractivity contribution >= 4 is 17.5 Å². The lowest BCUT2D eigenvalue weighted by atomic mass is 9.94. The van der Waals surface area contributed by atoms with Crippen molar-refractivity contribution in [1.29, 1.82) is 0 Å². The van der Waals surface area contributed by atoms with Crippen LogP contribution in [0.2, 0.25) is 5.02 Å². The Morgan fingerprint density at radius 2 is 2.06 bits per heavy atom. The van der Waals surface area contributed by atoms with Gasteiger partial charge in [0.15, 0.2) is 0 Å². The molecule has 1 atom stereocenters.